The molecule has 0 aliphatic rings. The van der Waals surface area contributed by atoms with Crippen LogP contribution in [0.1, 0.15) is 0 Å². The van der Waals surface area contributed by atoms with E-state index in [1.165, 1.54) is 0 Å². The van der Waals surface area contributed by atoms with Gasteiger partial charge in [-0.2, -0.15) is 0 Å². The Balaban J connectivity index is 1.40. The monoisotopic (exact) mass is 537 g/mol. The highest BCUT2D eigenvalue weighted by Crippen LogP contribution is 2.37. The second-order valence-electron chi connectivity index (χ2n) is 10.2. The Bertz CT molecular complexity index is 2170. The van der Waals surface area contributed by atoms with Crippen molar-refractivity contribution in [2.45, 2.75) is 0 Å². The molecule has 196 valence electrons. The highest BCUT2D eigenvalue weighted by Gasteiger charge is 2.17. The summed E-state index contributed by atoms with van der Waals surface area (Å²) in [4.78, 5) is 24.8. The summed E-state index contributed by atoms with van der Waals surface area (Å²) in [5, 5.41) is 4.30. The van der Waals surface area contributed by atoms with Gasteiger partial charge in [-0.1, -0.05) is 121 Å². The van der Waals surface area contributed by atoms with E-state index < -0.39 is 0 Å². The molecule has 0 spiro atoms. The number of hydrogen-bond donors (Lipinski definition) is 0. The molecule has 8 rings (SSSR count). The third-order valence-corrected chi connectivity index (χ3v) is 7.53. The van der Waals surface area contributed by atoms with Crippen molar-refractivity contribution in [2.75, 3.05) is 0 Å². The van der Waals surface area contributed by atoms with Crippen molar-refractivity contribution < 1.29 is 0 Å². The van der Waals surface area contributed by atoms with Crippen LogP contribution in [0.15, 0.2) is 140 Å². The molecule has 0 aliphatic heterocycles. The molecule has 0 N–H and O–H groups in total. The van der Waals surface area contributed by atoms with Gasteiger partial charge < -0.3 is 0 Å². The third kappa shape index (κ3) is 4.16. The molecule has 0 saturated heterocycles. The first kappa shape index (κ1) is 24.0. The lowest BCUT2D eigenvalue weighted by Gasteiger charge is -2.13. The van der Waals surface area contributed by atoms with Gasteiger partial charge in [-0.05, 0) is 12.1 Å². The molecule has 0 aliphatic carbocycles. The van der Waals surface area contributed by atoms with Gasteiger partial charge in [-0.3, -0.25) is 4.98 Å². The minimum absolute atomic E-state index is 0.601. The number of aromatic nitrogens is 5. The van der Waals surface area contributed by atoms with Gasteiger partial charge in [0.05, 0.1) is 16.7 Å². The first-order valence-electron chi connectivity index (χ1n) is 13.9. The number of pyridine rings is 2. The van der Waals surface area contributed by atoms with Crippen molar-refractivity contribution in [3.8, 4) is 45.4 Å². The van der Waals surface area contributed by atoms with Crippen LogP contribution in [-0.2, 0) is 0 Å². The minimum atomic E-state index is 0.601. The maximum Gasteiger partial charge on any atom is 0.164 e. The van der Waals surface area contributed by atoms with E-state index in [0.29, 0.717) is 17.5 Å². The standard InChI is InChI=1S/C37H23N5/c1-4-11-24(12-5-1)33-30-21-18-25-17-10-22-38-34(25)32(30)29-20-19-28(23-31(29)39-33)37-41-35(26-13-6-2-7-14-26)40-36(42-37)27-15-8-3-9-16-27/h1-23H. The van der Waals surface area contributed by atoms with Crippen LogP contribution < -0.4 is 0 Å². The van der Waals surface area contributed by atoms with Gasteiger partial charge >= 0.3 is 0 Å². The Hall–Kier alpha value is -5.81. The Labute approximate surface area is 242 Å². The third-order valence-electron chi connectivity index (χ3n) is 7.53. The van der Waals surface area contributed by atoms with E-state index >= 15 is 0 Å². The largest absolute Gasteiger partial charge is 0.256 e. The zero-order chi connectivity index (χ0) is 27.9. The fourth-order valence-electron chi connectivity index (χ4n) is 5.52. The smallest absolute Gasteiger partial charge is 0.164 e. The zero-order valence-corrected chi connectivity index (χ0v) is 22.5. The van der Waals surface area contributed by atoms with Gasteiger partial charge in [0.15, 0.2) is 17.5 Å². The van der Waals surface area contributed by atoms with E-state index in [1.54, 1.807) is 0 Å². The molecular formula is C37H23N5. The molecule has 0 radical (unpaired) electrons. The maximum absolute atomic E-state index is 5.23. The summed E-state index contributed by atoms with van der Waals surface area (Å²) in [5.74, 6) is 1.86. The molecule has 0 saturated carbocycles. The molecule has 0 atom stereocenters. The van der Waals surface area contributed by atoms with Crippen molar-refractivity contribution >= 4 is 32.6 Å². The van der Waals surface area contributed by atoms with Gasteiger partial charge in [0, 0.05) is 50.0 Å². The maximum atomic E-state index is 5.23. The van der Waals surface area contributed by atoms with E-state index in [4.69, 9.17) is 24.9 Å². The lowest BCUT2D eigenvalue weighted by molar-refractivity contribution is 1.07. The van der Waals surface area contributed by atoms with Crippen LogP contribution in [0.3, 0.4) is 0 Å². The van der Waals surface area contributed by atoms with E-state index in [0.717, 1.165) is 60.5 Å². The van der Waals surface area contributed by atoms with Crippen LogP contribution in [0.4, 0.5) is 0 Å². The topological polar surface area (TPSA) is 64.5 Å². The van der Waals surface area contributed by atoms with Gasteiger partial charge in [0.1, 0.15) is 0 Å². The lowest BCUT2D eigenvalue weighted by Crippen LogP contribution is -2.00. The first-order valence-corrected chi connectivity index (χ1v) is 13.9. The van der Waals surface area contributed by atoms with Gasteiger partial charge in [0.25, 0.3) is 0 Å². The van der Waals surface area contributed by atoms with Crippen molar-refractivity contribution in [3.63, 3.8) is 0 Å². The second kappa shape index (κ2) is 9.98. The predicted octanol–water partition coefficient (Wildman–Crippen LogP) is 8.79. The van der Waals surface area contributed by atoms with Crippen molar-refractivity contribution in [2.24, 2.45) is 0 Å². The van der Waals surface area contributed by atoms with E-state index in [1.807, 2.05) is 91.1 Å². The summed E-state index contributed by atoms with van der Waals surface area (Å²) in [6, 6.07) is 45.0. The highest BCUT2D eigenvalue weighted by molar-refractivity contribution is 6.21. The average Bonchev–Trinajstić information content (AvgIpc) is 3.08. The van der Waals surface area contributed by atoms with E-state index in [9.17, 15) is 0 Å². The van der Waals surface area contributed by atoms with E-state index in [2.05, 4.69) is 48.5 Å². The summed E-state index contributed by atoms with van der Waals surface area (Å²) >= 11 is 0. The fourth-order valence-corrected chi connectivity index (χ4v) is 5.52. The van der Waals surface area contributed by atoms with Crippen molar-refractivity contribution in [1.82, 2.24) is 24.9 Å². The molecule has 5 aromatic carbocycles. The Morgan fingerprint density at radius 1 is 0.405 bits per heavy atom. The van der Waals surface area contributed by atoms with E-state index in [-0.39, 0.29) is 0 Å². The van der Waals surface area contributed by atoms with Gasteiger partial charge in [0.2, 0.25) is 0 Å². The molecule has 5 heteroatoms. The van der Waals surface area contributed by atoms with Crippen LogP contribution in [0.2, 0.25) is 0 Å². The minimum Gasteiger partial charge on any atom is -0.256 e. The van der Waals surface area contributed by atoms with Crippen molar-refractivity contribution in [3.05, 3.63) is 140 Å². The molecule has 8 aromatic rings. The Morgan fingerprint density at radius 3 is 1.62 bits per heavy atom. The SMILES string of the molecule is c1ccc(-c2nc(-c3ccccc3)nc(-c3ccc4c(c3)nc(-c3ccccc3)c3ccc5cccnc5c34)n2)cc1. The molecule has 5 nitrogen and oxygen atoms in total. The zero-order valence-electron chi connectivity index (χ0n) is 22.5. The molecule has 0 fully saturated rings. The van der Waals surface area contributed by atoms with Gasteiger partial charge in [-0.25, -0.2) is 19.9 Å². The number of hydrogen-bond acceptors (Lipinski definition) is 5. The first-order chi connectivity index (χ1) is 20.8. The fraction of sp³-hybridized carbons (Fsp3) is 0. The second-order valence-corrected chi connectivity index (χ2v) is 10.2. The molecule has 0 amide bonds. The Kier molecular flexibility index (Phi) is 5.71. The summed E-state index contributed by atoms with van der Waals surface area (Å²) in [7, 11) is 0. The number of nitrogens with zero attached hydrogens (tertiary/aromatic N) is 5. The van der Waals surface area contributed by atoms with Crippen molar-refractivity contribution in [1.29, 1.82) is 0 Å². The van der Waals surface area contributed by atoms with Crippen LogP contribution in [0.5, 0.6) is 0 Å². The van der Waals surface area contributed by atoms with Crippen LogP contribution >= 0.6 is 0 Å². The summed E-state index contributed by atoms with van der Waals surface area (Å²) in [5.41, 5.74) is 6.55. The number of rotatable bonds is 4. The van der Waals surface area contributed by atoms with Crippen LogP contribution in [0, 0.1) is 0 Å². The summed E-state index contributed by atoms with van der Waals surface area (Å²) in [6.45, 7) is 0. The molecule has 3 aromatic heterocycles. The molecule has 42 heavy (non-hydrogen) atoms. The molecule has 3 heterocycles. The molecule has 0 bridgehead atoms. The van der Waals surface area contributed by atoms with Crippen LogP contribution in [-0.4, -0.2) is 24.9 Å². The summed E-state index contributed by atoms with van der Waals surface area (Å²) in [6.07, 6.45) is 1.85. The normalized spacial score (nSPS) is 11.3. The molecular weight excluding hydrogens is 514 g/mol. The highest BCUT2D eigenvalue weighted by atomic mass is 15.0. The number of fused-ring (bicyclic) bond motifs is 5. The quantitative estimate of drug-likeness (QED) is 0.210. The van der Waals surface area contributed by atoms with Gasteiger partial charge in [-0.15, -0.1) is 0 Å². The average molecular weight is 538 g/mol. The number of benzene rings is 5. The van der Waals surface area contributed by atoms with Crippen LogP contribution in [0.25, 0.3) is 78.0 Å². The lowest BCUT2D eigenvalue weighted by atomic mass is 9.97. The molecule has 0 unspecified atom stereocenters. The summed E-state index contributed by atoms with van der Waals surface area (Å²) < 4.78 is 0. The Morgan fingerprint density at radius 2 is 0.976 bits per heavy atom. The predicted molar refractivity (Wildman–Crippen MR) is 170 cm³/mol.